The van der Waals surface area contributed by atoms with Crippen LogP contribution in [0.2, 0.25) is 0 Å². The van der Waals surface area contributed by atoms with Gasteiger partial charge in [0.05, 0.1) is 17.9 Å². The van der Waals surface area contributed by atoms with Crippen molar-refractivity contribution in [2.24, 2.45) is 0 Å². The Morgan fingerprint density at radius 2 is 1.68 bits per heavy atom. The standard InChI is InChI=1S/C31H39BrN4O2/c1-4-34-22-27(26-8-6-7-9-28(26)34)30(37)35-20-16-31(3,17-21-35)36-18-14-24(15-19-36)29(33-38-5-2)23-10-12-25(32)13-11-23/h6-13,22,33H,4-5,14-21H2,1-3H3. The van der Waals surface area contributed by atoms with E-state index < -0.39 is 0 Å². The second-order valence-electron chi connectivity index (χ2n) is 10.6. The van der Waals surface area contributed by atoms with Gasteiger partial charge in [0.15, 0.2) is 0 Å². The molecule has 202 valence electrons. The highest BCUT2D eigenvalue weighted by atomic mass is 79.9. The van der Waals surface area contributed by atoms with E-state index in [0.717, 1.165) is 90.6 Å². The maximum atomic E-state index is 13.6. The molecular weight excluding hydrogens is 540 g/mol. The Morgan fingerprint density at radius 3 is 2.34 bits per heavy atom. The van der Waals surface area contributed by atoms with Gasteiger partial charge in [-0.25, -0.2) is 0 Å². The number of rotatable bonds is 7. The molecule has 3 heterocycles. The molecule has 7 heteroatoms. The van der Waals surface area contributed by atoms with E-state index >= 15 is 0 Å². The van der Waals surface area contributed by atoms with Crippen molar-refractivity contribution in [1.82, 2.24) is 19.8 Å². The molecule has 0 spiro atoms. The third-order valence-corrected chi connectivity index (χ3v) is 8.95. The molecule has 2 saturated heterocycles. The number of hydrogen-bond acceptors (Lipinski definition) is 4. The van der Waals surface area contributed by atoms with Crippen LogP contribution >= 0.6 is 15.9 Å². The predicted octanol–water partition coefficient (Wildman–Crippen LogP) is 6.47. The molecule has 5 rings (SSSR count). The molecule has 2 aromatic carbocycles. The Morgan fingerprint density at radius 1 is 1.00 bits per heavy atom. The summed E-state index contributed by atoms with van der Waals surface area (Å²) in [7, 11) is 0. The van der Waals surface area contributed by atoms with Crippen LogP contribution in [-0.4, -0.2) is 58.6 Å². The largest absolute Gasteiger partial charge is 0.347 e. The molecule has 0 atom stereocenters. The molecule has 1 amide bonds. The van der Waals surface area contributed by atoms with Crippen LogP contribution in [0.3, 0.4) is 0 Å². The zero-order chi connectivity index (χ0) is 26.7. The lowest BCUT2D eigenvalue weighted by Gasteiger charge is -2.48. The van der Waals surface area contributed by atoms with Gasteiger partial charge in [0.25, 0.3) is 5.91 Å². The Bertz CT molecular complexity index is 1300. The molecule has 38 heavy (non-hydrogen) atoms. The molecule has 2 aliphatic rings. The molecule has 0 saturated carbocycles. The topological polar surface area (TPSA) is 49.7 Å². The third kappa shape index (κ3) is 5.42. The minimum atomic E-state index is 0.116. The number of fused-ring (bicyclic) bond motifs is 1. The summed E-state index contributed by atoms with van der Waals surface area (Å²) in [6.45, 7) is 11.6. The van der Waals surface area contributed by atoms with Crippen LogP contribution in [0, 0.1) is 0 Å². The average Bonchev–Trinajstić information content (AvgIpc) is 3.33. The molecule has 2 fully saturated rings. The number of nitrogens with zero attached hydrogens (tertiary/aromatic N) is 3. The van der Waals surface area contributed by atoms with Crippen molar-refractivity contribution < 1.29 is 9.63 Å². The fourth-order valence-electron chi connectivity index (χ4n) is 6.02. The zero-order valence-electron chi connectivity index (χ0n) is 22.8. The number of hydrogen-bond donors (Lipinski definition) is 1. The van der Waals surface area contributed by atoms with Crippen LogP contribution in [0.4, 0.5) is 0 Å². The maximum Gasteiger partial charge on any atom is 0.256 e. The summed E-state index contributed by atoms with van der Waals surface area (Å²) in [4.78, 5) is 23.9. The number of halogens is 1. The number of piperidine rings is 2. The minimum Gasteiger partial charge on any atom is -0.347 e. The third-order valence-electron chi connectivity index (χ3n) is 8.42. The smallest absolute Gasteiger partial charge is 0.256 e. The first-order valence-corrected chi connectivity index (χ1v) is 14.7. The Labute approximate surface area is 234 Å². The van der Waals surface area contributed by atoms with Crippen molar-refractivity contribution >= 4 is 38.4 Å². The summed E-state index contributed by atoms with van der Waals surface area (Å²) in [5, 5.41) is 1.06. The minimum absolute atomic E-state index is 0.116. The highest BCUT2D eigenvalue weighted by Gasteiger charge is 2.38. The second kappa shape index (κ2) is 11.6. The highest BCUT2D eigenvalue weighted by molar-refractivity contribution is 9.10. The number of aryl methyl sites for hydroxylation is 1. The summed E-state index contributed by atoms with van der Waals surface area (Å²) in [6, 6.07) is 16.7. The molecule has 1 aromatic heterocycles. The van der Waals surface area contributed by atoms with Crippen molar-refractivity contribution in [2.75, 3.05) is 32.8 Å². The molecule has 0 radical (unpaired) electrons. The van der Waals surface area contributed by atoms with Gasteiger partial charge in [-0.05, 0) is 75.8 Å². The number of aromatic nitrogens is 1. The first-order valence-electron chi connectivity index (χ1n) is 13.9. The molecule has 3 aromatic rings. The number of carbonyl (C=O) groups excluding carboxylic acids is 1. The Balaban J connectivity index is 1.24. The van der Waals surface area contributed by atoms with Gasteiger partial charge in [-0.3, -0.25) is 20.0 Å². The molecule has 0 bridgehead atoms. The van der Waals surface area contributed by atoms with Gasteiger partial charge in [-0.1, -0.05) is 46.3 Å². The molecule has 6 nitrogen and oxygen atoms in total. The number of likely N-dealkylation sites (tertiary alicyclic amines) is 2. The van der Waals surface area contributed by atoms with Crippen LogP contribution in [0.1, 0.15) is 62.4 Å². The highest BCUT2D eigenvalue weighted by Crippen LogP contribution is 2.35. The summed E-state index contributed by atoms with van der Waals surface area (Å²) in [6.07, 6.45) is 6.07. The van der Waals surface area contributed by atoms with Crippen LogP contribution in [0.15, 0.2) is 64.8 Å². The first kappa shape index (κ1) is 27.0. The fourth-order valence-corrected chi connectivity index (χ4v) is 6.28. The van der Waals surface area contributed by atoms with E-state index in [-0.39, 0.29) is 11.4 Å². The lowest BCUT2D eigenvalue weighted by molar-refractivity contribution is 0.0257. The molecule has 0 aliphatic carbocycles. The van der Waals surface area contributed by atoms with Gasteiger partial charge >= 0.3 is 0 Å². The molecule has 1 N–H and O–H groups in total. The van der Waals surface area contributed by atoms with Crippen molar-refractivity contribution in [3.63, 3.8) is 0 Å². The summed E-state index contributed by atoms with van der Waals surface area (Å²) < 4.78 is 3.25. The lowest BCUT2D eigenvalue weighted by Crippen LogP contribution is -2.56. The number of para-hydroxylation sites is 1. The monoisotopic (exact) mass is 578 g/mol. The van der Waals surface area contributed by atoms with E-state index in [9.17, 15) is 4.79 Å². The second-order valence-corrected chi connectivity index (χ2v) is 11.6. The van der Waals surface area contributed by atoms with Crippen molar-refractivity contribution in [2.45, 2.75) is 58.5 Å². The normalized spacial score (nSPS) is 18.1. The summed E-state index contributed by atoms with van der Waals surface area (Å²) >= 11 is 3.54. The molecule has 2 aliphatic heterocycles. The van der Waals surface area contributed by atoms with Gasteiger partial charge in [-0.2, -0.15) is 0 Å². The first-order chi connectivity index (χ1) is 18.4. The van der Waals surface area contributed by atoms with Gasteiger partial charge < -0.3 is 9.47 Å². The van der Waals surface area contributed by atoms with Gasteiger partial charge in [0, 0.05) is 59.8 Å². The van der Waals surface area contributed by atoms with E-state index in [4.69, 9.17) is 4.84 Å². The predicted molar refractivity (Wildman–Crippen MR) is 158 cm³/mol. The average molecular weight is 580 g/mol. The van der Waals surface area contributed by atoms with Gasteiger partial charge in [0.1, 0.15) is 0 Å². The van der Waals surface area contributed by atoms with E-state index in [0.29, 0.717) is 6.61 Å². The quantitative estimate of drug-likeness (QED) is 0.326. The van der Waals surface area contributed by atoms with Crippen LogP contribution < -0.4 is 5.48 Å². The number of benzene rings is 2. The maximum absolute atomic E-state index is 13.6. The van der Waals surface area contributed by atoms with E-state index in [2.05, 4.69) is 86.0 Å². The van der Waals surface area contributed by atoms with Crippen molar-refractivity contribution in [3.05, 3.63) is 75.9 Å². The van der Waals surface area contributed by atoms with E-state index in [1.54, 1.807) is 0 Å². The van der Waals surface area contributed by atoms with E-state index in [1.807, 2.05) is 25.3 Å². The van der Waals surface area contributed by atoms with Crippen LogP contribution in [0.5, 0.6) is 0 Å². The van der Waals surface area contributed by atoms with Gasteiger partial charge in [-0.15, -0.1) is 0 Å². The Kier molecular flexibility index (Phi) is 8.26. The Hall–Kier alpha value is -2.61. The number of carbonyl (C=O) groups is 1. The SMILES string of the molecule is CCONC(=C1CCN(C2(C)CCN(C(=O)c3cn(CC)c4ccccc34)CC2)CC1)c1ccc(Br)cc1. The van der Waals surface area contributed by atoms with Crippen LogP contribution in [-0.2, 0) is 11.4 Å². The number of hydroxylamine groups is 1. The van der Waals surface area contributed by atoms with Crippen molar-refractivity contribution in [1.29, 1.82) is 0 Å². The molecule has 0 unspecified atom stereocenters. The van der Waals surface area contributed by atoms with Gasteiger partial charge in [0.2, 0.25) is 0 Å². The zero-order valence-corrected chi connectivity index (χ0v) is 24.4. The summed E-state index contributed by atoms with van der Waals surface area (Å²) in [5.74, 6) is 0.167. The lowest BCUT2D eigenvalue weighted by atomic mass is 9.85. The number of nitrogens with one attached hydrogen (secondary N) is 1. The number of amides is 1. The summed E-state index contributed by atoms with van der Waals surface area (Å²) in [5.41, 5.74) is 9.00. The fraction of sp³-hybridized carbons (Fsp3) is 0.452. The molecular formula is C31H39BrN4O2. The van der Waals surface area contributed by atoms with Crippen molar-refractivity contribution in [3.8, 4) is 0 Å². The van der Waals surface area contributed by atoms with E-state index in [1.165, 1.54) is 5.57 Å². The van der Waals surface area contributed by atoms with Crippen LogP contribution in [0.25, 0.3) is 16.6 Å².